The van der Waals surface area contributed by atoms with Crippen molar-refractivity contribution in [2.45, 2.75) is 59.5 Å². The van der Waals surface area contributed by atoms with Crippen molar-refractivity contribution in [2.24, 2.45) is 5.92 Å². The van der Waals surface area contributed by atoms with Gasteiger partial charge in [-0.1, -0.05) is 50.6 Å². The fourth-order valence-electron chi connectivity index (χ4n) is 2.74. The van der Waals surface area contributed by atoms with E-state index in [4.69, 9.17) is 0 Å². The molecule has 120 valence electrons. The van der Waals surface area contributed by atoms with E-state index in [0.717, 1.165) is 19.0 Å². The highest BCUT2D eigenvalue weighted by Crippen LogP contribution is 2.18. The van der Waals surface area contributed by atoms with Crippen molar-refractivity contribution < 1.29 is 0 Å². The lowest BCUT2D eigenvalue weighted by atomic mass is 10.0. The van der Waals surface area contributed by atoms with E-state index in [1.165, 1.54) is 24.0 Å². The van der Waals surface area contributed by atoms with Crippen molar-refractivity contribution in [2.75, 3.05) is 20.1 Å². The highest BCUT2D eigenvalue weighted by atomic mass is 15.1. The average molecular weight is 290 g/mol. The Labute approximate surface area is 131 Å². The molecule has 2 heteroatoms. The molecule has 21 heavy (non-hydrogen) atoms. The van der Waals surface area contributed by atoms with Gasteiger partial charge < -0.3 is 10.2 Å². The third kappa shape index (κ3) is 6.62. The van der Waals surface area contributed by atoms with Crippen LogP contribution in [0.1, 0.15) is 57.7 Å². The van der Waals surface area contributed by atoms with Gasteiger partial charge in [-0.05, 0) is 51.8 Å². The van der Waals surface area contributed by atoms with Crippen LogP contribution in [-0.2, 0) is 0 Å². The molecule has 0 radical (unpaired) electrons. The fourth-order valence-corrected chi connectivity index (χ4v) is 2.74. The van der Waals surface area contributed by atoms with Gasteiger partial charge in [-0.3, -0.25) is 0 Å². The molecule has 0 aliphatic rings. The first kappa shape index (κ1) is 18.2. The van der Waals surface area contributed by atoms with Crippen LogP contribution < -0.4 is 5.32 Å². The molecule has 0 bridgehead atoms. The number of aryl methyl sites for hydroxylation is 1. The summed E-state index contributed by atoms with van der Waals surface area (Å²) in [4.78, 5) is 2.49. The molecule has 1 aromatic rings. The zero-order valence-electron chi connectivity index (χ0n) is 14.8. The van der Waals surface area contributed by atoms with Gasteiger partial charge in [-0.25, -0.2) is 0 Å². The summed E-state index contributed by atoms with van der Waals surface area (Å²) in [7, 11) is 2.25. The maximum absolute atomic E-state index is 3.70. The van der Waals surface area contributed by atoms with E-state index < -0.39 is 0 Å². The van der Waals surface area contributed by atoms with Crippen molar-refractivity contribution in [3.8, 4) is 0 Å². The van der Waals surface area contributed by atoms with E-state index in [-0.39, 0.29) is 0 Å². The maximum Gasteiger partial charge on any atom is 0.0449 e. The van der Waals surface area contributed by atoms with Gasteiger partial charge in [0.25, 0.3) is 0 Å². The molecule has 0 saturated carbocycles. The molecule has 0 heterocycles. The normalized spacial score (nSPS) is 14.7. The van der Waals surface area contributed by atoms with Crippen LogP contribution in [0.5, 0.6) is 0 Å². The number of nitrogens with one attached hydrogen (secondary N) is 1. The van der Waals surface area contributed by atoms with E-state index in [1.54, 1.807) is 0 Å². The summed E-state index contributed by atoms with van der Waals surface area (Å²) in [5.74, 6) is 0.754. The lowest BCUT2D eigenvalue weighted by Gasteiger charge is -2.31. The molecule has 0 saturated heterocycles. The summed E-state index contributed by atoms with van der Waals surface area (Å²) in [5.41, 5.74) is 2.73. The predicted octanol–water partition coefficient (Wildman–Crippen LogP) is 4.40. The molecule has 2 unspecified atom stereocenters. The van der Waals surface area contributed by atoms with Crippen LogP contribution in [0, 0.1) is 12.8 Å². The lowest BCUT2D eigenvalue weighted by Crippen LogP contribution is -2.38. The van der Waals surface area contributed by atoms with Crippen LogP contribution in [0.4, 0.5) is 0 Å². The summed E-state index contributed by atoms with van der Waals surface area (Å²) in [6.45, 7) is 13.5. The van der Waals surface area contributed by atoms with E-state index in [0.29, 0.717) is 12.1 Å². The molecular formula is C19H34N2. The second-order valence-electron chi connectivity index (χ2n) is 6.84. The Balaban J connectivity index is 2.71. The predicted molar refractivity (Wildman–Crippen MR) is 93.8 cm³/mol. The molecule has 2 nitrogen and oxygen atoms in total. The van der Waals surface area contributed by atoms with Crippen LogP contribution >= 0.6 is 0 Å². The Bertz CT molecular complexity index is 383. The van der Waals surface area contributed by atoms with E-state index in [9.17, 15) is 0 Å². The van der Waals surface area contributed by atoms with Crippen LogP contribution in [0.25, 0.3) is 0 Å². The first-order valence-corrected chi connectivity index (χ1v) is 8.44. The summed E-state index contributed by atoms with van der Waals surface area (Å²) in [5, 5.41) is 3.70. The molecule has 0 fully saturated rings. The summed E-state index contributed by atoms with van der Waals surface area (Å²) in [6.07, 6.45) is 2.43. The molecule has 1 aromatic carbocycles. The Morgan fingerprint density at radius 1 is 1.10 bits per heavy atom. The minimum atomic E-state index is 0.421. The number of likely N-dealkylation sites (N-methyl/N-ethyl adjacent to an activating group) is 1. The van der Waals surface area contributed by atoms with Crippen molar-refractivity contribution in [3.63, 3.8) is 0 Å². The monoisotopic (exact) mass is 290 g/mol. The van der Waals surface area contributed by atoms with Crippen LogP contribution in [-0.4, -0.2) is 31.1 Å². The molecule has 1 N–H and O–H groups in total. The van der Waals surface area contributed by atoms with Gasteiger partial charge in [0.15, 0.2) is 0 Å². The summed E-state index contributed by atoms with van der Waals surface area (Å²) < 4.78 is 0. The number of hydrogen-bond acceptors (Lipinski definition) is 2. The smallest absolute Gasteiger partial charge is 0.0449 e. The molecule has 0 spiro atoms. The Kier molecular flexibility index (Phi) is 7.98. The highest BCUT2D eigenvalue weighted by molar-refractivity contribution is 5.24. The zero-order chi connectivity index (χ0) is 15.8. The van der Waals surface area contributed by atoms with E-state index in [2.05, 4.69) is 76.1 Å². The minimum Gasteiger partial charge on any atom is -0.309 e. The fraction of sp³-hybridized carbons (Fsp3) is 0.684. The standard InChI is InChI=1S/C19H34N2/c1-7-12-20-19(18-10-8-16(4)9-11-18)14-21(6)17(5)13-15(2)3/h8-11,15,17,19-20H,7,12-14H2,1-6H3. The number of nitrogens with zero attached hydrogens (tertiary/aromatic N) is 1. The SMILES string of the molecule is CCCNC(CN(C)C(C)CC(C)C)c1ccc(C)cc1. The second-order valence-corrected chi connectivity index (χ2v) is 6.84. The average Bonchev–Trinajstić information content (AvgIpc) is 2.43. The maximum atomic E-state index is 3.70. The molecular weight excluding hydrogens is 256 g/mol. The Hall–Kier alpha value is -0.860. The summed E-state index contributed by atoms with van der Waals surface area (Å²) >= 11 is 0. The second kappa shape index (κ2) is 9.22. The quantitative estimate of drug-likeness (QED) is 0.725. The van der Waals surface area contributed by atoms with Gasteiger partial charge >= 0.3 is 0 Å². The van der Waals surface area contributed by atoms with Gasteiger partial charge in [0, 0.05) is 18.6 Å². The van der Waals surface area contributed by atoms with E-state index >= 15 is 0 Å². The Morgan fingerprint density at radius 3 is 2.24 bits per heavy atom. The van der Waals surface area contributed by atoms with Crippen molar-refractivity contribution in [1.29, 1.82) is 0 Å². The van der Waals surface area contributed by atoms with E-state index in [1.807, 2.05) is 0 Å². The van der Waals surface area contributed by atoms with Crippen LogP contribution in [0.2, 0.25) is 0 Å². The minimum absolute atomic E-state index is 0.421. The Morgan fingerprint density at radius 2 is 1.71 bits per heavy atom. The van der Waals surface area contributed by atoms with Crippen LogP contribution in [0.3, 0.4) is 0 Å². The first-order valence-electron chi connectivity index (χ1n) is 8.44. The number of benzene rings is 1. The third-order valence-electron chi connectivity index (χ3n) is 4.16. The molecule has 0 aromatic heterocycles. The van der Waals surface area contributed by atoms with Crippen molar-refractivity contribution in [1.82, 2.24) is 10.2 Å². The third-order valence-corrected chi connectivity index (χ3v) is 4.16. The number of hydrogen-bond donors (Lipinski definition) is 1. The van der Waals surface area contributed by atoms with Gasteiger partial charge in [-0.15, -0.1) is 0 Å². The molecule has 0 aliphatic heterocycles. The van der Waals surface area contributed by atoms with Gasteiger partial charge in [0.2, 0.25) is 0 Å². The summed E-state index contributed by atoms with van der Waals surface area (Å²) in [6, 6.07) is 10.0. The number of rotatable bonds is 9. The molecule has 0 aliphatic carbocycles. The molecule has 2 atom stereocenters. The highest BCUT2D eigenvalue weighted by Gasteiger charge is 2.17. The van der Waals surface area contributed by atoms with Gasteiger partial charge in [0.05, 0.1) is 0 Å². The van der Waals surface area contributed by atoms with Gasteiger partial charge in [0.1, 0.15) is 0 Å². The van der Waals surface area contributed by atoms with Gasteiger partial charge in [-0.2, -0.15) is 0 Å². The molecule has 0 amide bonds. The lowest BCUT2D eigenvalue weighted by molar-refractivity contribution is 0.205. The zero-order valence-corrected chi connectivity index (χ0v) is 14.8. The largest absolute Gasteiger partial charge is 0.309 e. The topological polar surface area (TPSA) is 15.3 Å². The van der Waals surface area contributed by atoms with Crippen LogP contribution in [0.15, 0.2) is 24.3 Å². The van der Waals surface area contributed by atoms with Crippen molar-refractivity contribution in [3.05, 3.63) is 35.4 Å². The molecule has 1 rings (SSSR count). The van der Waals surface area contributed by atoms with Crippen molar-refractivity contribution >= 4 is 0 Å². The first-order chi connectivity index (χ1) is 9.93.